The highest BCUT2D eigenvalue weighted by atomic mass is 35.5. The van der Waals surface area contributed by atoms with Gasteiger partial charge in [0.15, 0.2) is 5.82 Å². The fraction of sp³-hybridized carbons (Fsp3) is 0.233. The van der Waals surface area contributed by atoms with Crippen molar-refractivity contribution in [3.8, 4) is 11.4 Å². The molecule has 0 radical (unpaired) electrons. The molecule has 1 aliphatic rings. The molecule has 2 amide bonds. The van der Waals surface area contributed by atoms with Gasteiger partial charge in [-0.3, -0.25) is 19.1 Å². The number of hydrogen-bond donors (Lipinski definition) is 4. The SMILES string of the molecule is CCNC(=O)C[C@@H]1N=C(c2ccc(Cl)cc2)c2cc(OCCNC(=O)c3cccc(B(O)O)c3)ccc2-n2c(C)nnc21. The van der Waals surface area contributed by atoms with Crippen LogP contribution in [0.4, 0.5) is 0 Å². The van der Waals surface area contributed by atoms with Crippen LogP contribution >= 0.6 is 11.6 Å². The van der Waals surface area contributed by atoms with Crippen LogP contribution in [0.1, 0.15) is 52.5 Å². The van der Waals surface area contributed by atoms with E-state index in [1.54, 1.807) is 24.3 Å². The Bertz CT molecular complexity index is 1670. The molecule has 0 aliphatic carbocycles. The summed E-state index contributed by atoms with van der Waals surface area (Å²) in [5.41, 5.74) is 3.54. The molecular formula is C30H30BClN6O5. The van der Waals surface area contributed by atoms with Crippen LogP contribution < -0.4 is 20.8 Å². The first-order valence-electron chi connectivity index (χ1n) is 13.8. The molecule has 0 saturated carbocycles. The molecule has 0 saturated heterocycles. The minimum absolute atomic E-state index is 0.0975. The number of carbonyl (C=O) groups excluding carboxylic acids is 2. The van der Waals surface area contributed by atoms with Gasteiger partial charge < -0.3 is 25.4 Å². The second-order valence-electron chi connectivity index (χ2n) is 9.88. The molecule has 11 nitrogen and oxygen atoms in total. The molecule has 0 fully saturated rings. The van der Waals surface area contributed by atoms with Crippen LogP contribution in [0.25, 0.3) is 5.69 Å². The predicted octanol–water partition coefficient (Wildman–Crippen LogP) is 2.14. The number of nitrogens with zero attached hydrogens (tertiary/aromatic N) is 4. The zero-order valence-corrected chi connectivity index (χ0v) is 24.4. The van der Waals surface area contributed by atoms with Crippen LogP contribution in [-0.4, -0.2) is 69.2 Å². The van der Waals surface area contributed by atoms with Crippen LogP contribution in [0.3, 0.4) is 0 Å². The second kappa shape index (κ2) is 13.2. The van der Waals surface area contributed by atoms with Gasteiger partial charge in [-0.05, 0) is 61.8 Å². The maximum absolute atomic E-state index is 12.7. The van der Waals surface area contributed by atoms with Crippen molar-refractivity contribution in [2.75, 3.05) is 19.7 Å². The largest absolute Gasteiger partial charge is 0.492 e. The molecule has 220 valence electrons. The van der Waals surface area contributed by atoms with Gasteiger partial charge in [0.2, 0.25) is 5.91 Å². The van der Waals surface area contributed by atoms with Crippen molar-refractivity contribution in [1.82, 2.24) is 25.4 Å². The lowest BCUT2D eigenvalue weighted by Gasteiger charge is -2.15. The Balaban J connectivity index is 1.42. The second-order valence-corrected chi connectivity index (χ2v) is 10.3. The first-order valence-corrected chi connectivity index (χ1v) is 14.2. The van der Waals surface area contributed by atoms with E-state index in [9.17, 15) is 19.6 Å². The van der Waals surface area contributed by atoms with Gasteiger partial charge in [-0.15, -0.1) is 10.2 Å². The zero-order valence-electron chi connectivity index (χ0n) is 23.6. The number of rotatable bonds is 10. The smallest absolute Gasteiger partial charge is 0.488 e. The van der Waals surface area contributed by atoms with E-state index in [1.807, 2.05) is 48.7 Å². The lowest BCUT2D eigenvalue weighted by atomic mass is 9.79. The molecule has 0 bridgehead atoms. The van der Waals surface area contributed by atoms with Gasteiger partial charge in [-0.2, -0.15) is 0 Å². The summed E-state index contributed by atoms with van der Waals surface area (Å²) in [5.74, 6) is 1.26. The molecule has 0 unspecified atom stereocenters. The van der Waals surface area contributed by atoms with Gasteiger partial charge in [0.1, 0.15) is 24.2 Å². The summed E-state index contributed by atoms with van der Waals surface area (Å²) >= 11 is 6.18. The van der Waals surface area contributed by atoms with Gasteiger partial charge in [-0.25, -0.2) is 0 Å². The third kappa shape index (κ3) is 6.77. The summed E-state index contributed by atoms with van der Waals surface area (Å²) < 4.78 is 7.92. The molecule has 3 aromatic carbocycles. The summed E-state index contributed by atoms with van der Waals surface area (Å²) in [6.45, 7) is 4.61. The van der Waals surface area contributed by atoms with E-state index in [0.29, 0.717) is 40.2 Å². The molecule has 13 heteroatoms. The van der Waals surface area contributed by atoms with Gasteiger partial charge in [0, 0.05) is 28.3 Å². The average molecular weight is 601 g/mol. The number of benzene rings is 3. The first kappa shape index (κ1) is 30.0. The van der Waals surface area contributed by atoms with Gasteiger partial charge in [0.05, 0.1) is 24.4 Å². The molecule has 5 rings (SSSR count). The van der Waals surface area contributed by atoms with Crippen LogP contribution in [0.15, 0.2) is 71.7 Å². The molecule has 43 heavy (non-hydrogen) atoms. The van der Waals surface area contributed by atoms with Gasteiger partial charge in [-0.1, -0.05) is 35.9 Å². The maximum atomic E-state index is 12.7. The standard InChI is InChI=1S/C30H30BClN6O5/c1-3-33-27(39)17-25-29-37-36-18(2)38(29)26-12-11-23(16-24(26)28(35-25)19-7-9-22(32)10-8-19)43-14-13-34-30(40)20-5-4-6-21(15-20)31(41)42/h4-12,15-16,25,41-42H,3,13-14,17H2,1-2H3,(H,33,39)(H,34,40)/t25-/m0/s1. The summed E-state index contributed by atoms with van der Waals surface area (Å²) in [5, 5.41) is 33.6. The Hall–Kier alpha value is -4.52. The van der Waals surface area contributed by atoms with E-state index in [4.69, 9.17) is 21.3 Å². The van der Waals surface area contributed by atoms with Crippen molar-refractivity contribution in [3.05, 3.63) is 100 Å². The fourth-order valence-corrected chi connectivity index (χ4v) is 4.99. The van der Waals surface area contributed by atoms with Crippen molar-refractivity contribution >= 4 is 41.7 Å². The molecule has 4 aromatic rings. The fourth-order valence-electron chi connectivity index (χ4n) is 4.86. The van der Waals surface area contributed by atoms with E-state index in [2.05, 4.69) is 20.8 Å². The van der Waals surface area contributed by atoms with Crippen LogP contribution in [0, 0.1) is 6.92 Å². The van der Waals surface area contributed by atoms with Gasteiger partial charge in [0.25, 0.3) is 5.91 Å². The summed E-state index contributed by atoms with van der Waals surface area (Å²) in [6, 6.07) is 18.4. The molecule has 4 N–H and O–H groups in total. The van der Waals surface area contributed by atoms with E-state index in [1.165, 1.54) is 12.1 Å². The number of aromatic nitrogens is 3. The number of hydrogen-bond acceptors (Lipinski definition) is 8. The minimum Gasteiger partial charge on any atom is -0.492 e. The monoisotopic (exact) mass is 600 g/mol. The number of aryl methyl sites for hydroxylation is 1. The predicted molar refractivity (Wildman–Crippen MR) is 163 cm³/mol. The summed E-state index contributed by atoms with van der Waals surface area (Å²) in [4.78, 5) is 30.3. The van der Waals surface area contributed by atoms with Crippen molar-refractivity contribution < 1.29 is 24.4 Å². The van der Waals surface area contributed by atoms with E-state index >= 15 is 0 Å². The lowest BCUT2D eigenvalue weighted by molar-refractivity contribution is -0.121. The normalized spacial score (nSPS) is 13.7. The highest BCUT2D eigenvalue weighted by molar-refractivity contribution is 6.58. The van der Waals surface area contributed by atoms with Crippen LogP contribution in [0.5, 0.6) is 5.75 Å². The van der Waals surface area contributed by atoms with Crippen LogP contribution in [-0.2, 0) is 4.79 Å². The molecule has 1 aromatic heterocycles. The molecule has 1 aliphatic heterocycles. The number of carbonyl (C=O) groups is 2. The Kier molecular flexibility index (Phi) is 9.20. The average Bonchev–Trinajstić information content (AvgIpc) is 3.32. The first-order chi connectivity index (χ1) is 20.7. The molecular weight excluding hydrogens is 571 g/mol. The van der Waals surface area contributed by atoms with Crippen molar-refractivity contribution in [1.29, 1.82) is 0 Å². The van der Waals surface area contributed by atoms with Crippen molar-refractivity contribution in [2.24, 2.45) is 4.99 Å². The molecule has 0 spiro atoms. The molecule has 2 heterocycles. The number of halogens is 1. The number of nitrogens with one attached hydrogen (secondary N) is 2. The Labute approximate surface area is 253 Å². The van der Waals surface area contributed by atoms with E-state index < -0.39 is 13.2 Å². The van der Waals surface area contributed by atoms with Gasteiger partial charge >= 0.3 is 7.12 Å². The lowest BCUT2D eigenvalue weighted by Crippen LogP contribution is -2.32. The highest BCUT2D eigenvalue weighted by Crippen LogP contribution is 2.34. The van der Waals surface area contributed by atoms with Crippen molar-refractivity contribution in [3.63, 3.8) is 0 Å². The van der Waals surface area contributed by atoms with Crippen LogP contribution in [0.2, 0.25) is 5.02 Å². The summed E-state index contributed by atoms with van der Waals surface area (Å²) in [7, 11) is -1.66. The maximum Gasteiger partial charge on any atom is 0.488 e. The summed E-state index contributed by atoms with van der Waals surface area (Å²) in [6.07, 6.45) is 0.0975. The number of aliphatic imine (C=N–C) groups is 1. The minimum atomic E-state index is -1.66. The van der Waals surface area contributed by atoms with Crippen molar-refractivity contribution in [2.45, 2.75) is 26.3 Å². The quantitative estimate of drug-likeness (QED) is 0.161. The van der Waals surface area contributed by atoms with E-state index in [-0.39, 0.29) is 36.8 Å². The van der Waals surface area contributed by atoms with E-state index in [0.717, 1.165) is 16.8 Å². The number of ether oxygens (including phenoxy) is 1. The molecule has 1 atom stereocenters. The Morgan fingerprint density at radius 2 is 1.84 bits per heavy atom. The topological polar surface area (TPSA) is 151 Å². The Morgan fingerprint density at radius 1 is 1.05 bits per heavy atom. The number of fused-ring (bicyclic) bond motifs is 3. The Morgan fingerprint density at radius 3 is 2.58 bits per heavy atom. The third-order valence-corrected chi connectivity index (χ3v) is 7.12. The highest BCUT2D eigenvalue weighted by Gasteiger charge is 2.30. The number of amides is 2. The zero-order chi connectivity index (χ0) is 30.5. The third-order valence-electron chi connectivity index (χ3n) is 6.87.